The largest absolute Gasteiger partial charge is 0.363 e. The van der Waals surface area contributed by atoms with Gasteiger partial charge in [0.15, 0.2) is 0 Å². The van der Waals surface area contributed by atoms with Gasteiger partial charge in [-0.3, -0.25) is 0 Å². The fourth-order valence-electron chi connectivity index (χ4n) is 1.55. The van der Waals surface area contributed by atoms with E-state index in [2.05, 4.69) is 15.0 Å². The predicted molar refractivity (Wildman–Crippen MR) is 76.3 cm³/mol. The zero-order valence-electron chi connectivity index (χ0n) is 11.0. The molecule has 3 N–H and O–H groups in total. The second kappa shape index (κ2) is 7.18. The van der Waals surface area contributed by atoms with Crippen LogP contribution in [0.5, 0.6) is 0 Å². The van der Waals surface area contributed by atoms with E-state index in [0.717, 1.165) is 17.9 Å². The Morgan fingerprint density at radius 2 is 2.22 bits per heavy atom. The number of aromatic nitrogens is 1. The molecule has 1 aromatic heterocycles. The van der Waals surface area contributed by atoms with Crippen molar-refractivity contribution in [3.05, 3.63) is 18.0 Å². The lowest BCUT2D eigenvalue weighted by Crippen LogP contribution is -2.32. The summed E-state index contributed by atoms with van der Waals surface area (Å²) in [5.41, 5.74) is 0.856. The lowest BCUT2D eigenvalue weighted by Gasteiger charge is -2.12. The number of hydrogen-bond acceptors (Lipinski definition) is 4. The molecule has 0 aliphatic rings. The minimum absolute atomic E-state index is 0.0508. The molecule has 104 valence electrons. The fourth-order valence-corrected chi connectivity index (χ4v) is 3.44. The standard InChI is InChI=1S/C11H21N3O2S2/c1-9(4-5-17-3)14-18(15,16)11-6-10(7-12-2)13-8-11/h6,8-9,12-14H,4-5,7H2,1-3H3. The van der Waals surface area contributed by atoms with Gasteiger partial charge in [0, 0.05) is 24.5 Å². The van der Waals surface area contributed by atoms with Crippen molar-refractivity contribution in [2.75, 3.05) is 19.1 Å². The number of rotatable bonds is 8. The van der Waals surface area contributed by atoms with E-state index in [1.54, 1.807) is 17.8 Å². The van der Waals surface area contributed by atoms with Crippen molar-refractivity contribution in [3.63, 3.8) is 0 Å². The molecule has 0 saturated carbocycles. The highest BCUT2D eigenvalue weighted by Gasteiger charge is 2.18. The summed E-state index contributed by atoms with van der Waals surface area (Å²) in [6.45, 7) is 2.51. The van der Waals surface area contributed by atoms with E-state index in [9.17, 15) is 8.42 Å². The molecule has 5 nitrogen and oxygen atoms in total. The third-order valence-electron chi connectivity index (χ3n) is 2.51. The Morgan fingerprint density at radius 3 is 2.83 bits per heavy atom. The topological polar surface area (TPSA) is 74.0 Å². The number of aromatic amines is 1. The zero-order chi connectivity index (χ0) is 13.6. The van der Waals surface area contributed by atoms with Crippen molar-refractivity contribution in [2.45, 2.75) is 30.8 Å². The first-order chi connectivity index (χ1) is 8.49. The summed E-state index contributed by atoms with van der Waals surface area (Å²) in [6, 6.07) is 1.60. The quantitative estimate of drug-likeness (QED) is 0.672. The van der Waals surface area contributed by atoms with Crippen LogP contribution >= 0.6 is 11.8 Å². The average molecular weight is 291 g/mol. The number of sulfonamides is 1. The van der Waals surface area contributed by atoms with E-state index in [4.69, 9.17) is 0 Å². The molecular weight excluding hydrogens is 270 g/mol. The van der Waals surface area contributed by atoms with Crippen LogP contribution < -0.4 is 10.0 Å². The highest BCUT2D eigenvalue weighted by molar-refractivity contribution is 7.98. The van der Waals surface area contributed by atoms with E-state index in [0.29, 0.717) is 11.4 Å². The van der Waals surface area contributed by atoms with Gasteiger partial charge in [0.2, 0.25) is 10.0 Å². The monoisotopic (exact) mass is 291 g/mol. The fraction of sp³-hybridized carbons (Fsp3) is 0.636. The van der Waals surface area contributed by atoms with Crippen LogP contribution in [0.3, 0.4) is 0 Å². The Morgan fingerprint density at radius 1 is 1.50 bits per heavy atom. The first-order valence-electron chi connectivity index (χ1n) is 5.82. The van der Waals surface area contributed by atoms with Gasteiger partial charge < -0.3 is 10.3 Å². The first-order valence-corrected chi connectivity index (χ1v) is 8.70. The minimum Gasteiger partial charge on any atom is -0.363 e. The molecule has 0 fully saturated rings. The van der Waals surface area contributed by atoms with Crippen molar-refractivity contribution in [1.29, 1.82) is 0 Å². The summed E-state index contributed by atoms with van der Waals surface area (Å²) < 4.78 is 26.8. The van der Waals surface area contributed by atoms with Crippen molar-refractivity contribution in [1.82, 2.24) is 15.0 Å². The highest BCUT2D eigenvalue weighted by atomic mass is 32.2. The molecule has 7 heteroatoms. The Hall–Kier alpha value is -0.500. The van der Waals surface area contributed by atoms with Crippen molar-refractivity contribution in [2.24, 2.45) is 0 Å². The summed E-state index contributed by atoms with van der Waals surface area (Å²) in [6.07, 6.45) is 4.36. The normalized spacial score (nSPS) is 13.7. The number of thioether (sulfide) groups is 1. The van der Waals surface area contributed by atoms with Crippen LogP contribution in [0.2, 0.25) is 0 Å². The summed E-state index contributed by atoms with van der Waals surface area (Å²) in [7, 11) is -1.59. The molecule has 0 radical (unpaired) electrons. The van der Waals surface area contributed by atoms with Crippen molar-refractivity contribution in [3.8, 4) is 0 Å². The summed E-state index contributed by atoms with van der Waals surface area (Å²) in [4.78, 5) is 3.24. The maximum atomic E-state index is 12.1. The second-order valence-corrected chi connectivity index (χ2v) is 6.89. The molecular formula is C11H21N3O2S2. The van der Waals surface area contributed by atoms with E-state index >= 15 is 0 Å². The molecule has 1 heterocycles. The van der Waals surface area contributed by atoms with Crippen LogP contribution in [0.4, 0.5) is 0 Å². The Balaban J connectivity index is 2.67. The molecule has 0 spiro atoms. The Kier molecular flexibility index (Phi) is 6.20. The molecule has 0 aromatic carbocycles. The van der Waals surface area contributed by atoms with Gasteiger partial charge in [-0.2, -0.15) is 11.8 Å². The molecule has 0 amide bonds. The third kappa shape index (κ3) is 4.64. The Labute approximate surface area is 113 Å². The molecule has 1 unspecified atom stereocenters. The van der Waals surface area contributed by atoms with E-state index in [1.165, 1.54) is 6.20 Å². The highest BCUT2D eigenvalue weighted by Crippen LogP contribution is 2.12. The maximum absolute atomic E-state index is 12.1. The lowest BCUT2D eigenvalue weighted by molar-refractivity contribution is 0.557. The van der Waals surface area contributed by atoms with Gasteiger partial charge in [0.25, 0.3) is 0 Å². The zero-order valence-corrected chi connectivity index (χ0v) is 12.6. The van der Waals surface area contributed by atoms with Crippen LogP contribution in [0, 0.1) is 0 Å². The van der Waals surface area contributed by atoms with Crippen LogP contribution in [0.15, 0.2) is 17.2 Å². The van der Waals surface area contributed by atoms with Crippen LogP contribution in [0.25, 0.3) is 0 Å². The number of hydrogen-bond donors (Lipinski definition) is 3. The molecule has 0 aliphatic heterocycles. The lowest BCUT2D eigenvalue weighted by atomic mass is 10.3. The van der Waals surface area contributed by atoms with Crippen molar-refractivity contribution < 1.29 is 8.42 Å². The predicted octanol–water partition coefficient (Wildman–Crippen LogP) is 1.15. The van der Waals surface area contributed by atoms with E-state index in [1.807, 2.05) is 20.2 Å². The van der Waals surface area contributed by atoms with Crippen LogP contribution in [-0.2, 0) is 16.6 Å². The van der Waals surface area contributed by atoms with Gasteiger partial charge in [0.05, 0.1) is 4.90 Å². The first kappa shape index (κ1) is 15.6. The van der Waals surface area contributed by atoms with Crippen molar-refractivity contribution >= 4 is 21.8 Å². The summed E-state index contributed by atoms with van der Waals surface area (Å²) >= 11 is 1.71. The molecule has 1 atom stereocenters. The number of nitrogens with one attached hydrogen (secondary N) is 3. The van der Waals surface area contributed by atoms with Gasteiger partial charge in [-0.1, -0.05) is 0 Å². The number of H-pyrrole nitrogens is 1. The molecule has 0 saturated heterocycles. The van der Waals surface area contributed by atoms with Crippen LogP contribution in [-0.4, -0.2) is 38.5 Å². The van der Waals surface area contributed by atoms with E-state index in [-0.39, 0.29) is 6.04 Å². The molecule has 1 aromatic rings. The van der Waals surface area contributed by atoms with Gasteiger partial charge in [-0.05, 0) is 38.5 Å². The molecule has 0 bridgehead atoms. The smallest absolute Gasteiger partial charge is 0.242 e. The summed E-state index contributed by atoms with van der Waals surface area (Å²) in [5, 5.41) is 2.97. The third-order valence-corrected chi connectivity index (χ3v) is 4.72. The van der Waals surface area contributed by atoms with E-state index < -0.39 is 10.0 Å². The minimum atomic E-state index is -3.41. The Bertz CT molecular complexity index is 457. The summed E-state index contributed by atoms with van der Waals surface area (Å²) in [5.74, 6) is 0.946. The van der Waals surface area contributed by atoms with Crippen LogP contribution in [0.1, 0.15) is 19.0 Å². The molecule has 1 rings (SSSR count). The SMILES string of the molecule is CNCc1cc(S(=O)(=O)NC(C)CCSC)c[nH]1. The average Bonchev–Trinajstić information content (AvgIpc) is 2.75. The van der Waals surface area contributed by atoms with Gasteiger partial charge in [-0.25, -0.2) is 13.1 Å². The second-order valence-electron chi connectivity index (χ2n) is 4.19. The van der Waals surface area contributed by atoms with Gasteiger partial charge in [0.1, 0.15) is 0 Å². The van der Waals surface area contributed by atoms with Gasteiger partial charge >= 0.3 is 0 Å². The van der Waals surface area contributed by atoms with Gasteiger partial charge in [-0.15, -0.1) is 0 Å². The maximum Gasteiger partial charge on any atom is 0.242 e. The molecule has 18 heavy (non-hydrogen) atoms. The molecule has 0 aliphatic carbocycles.